The molecule has 1 atom stereocenters. The van der Waals surface area contributed by atoms with Crippen molar-refractivity contribution in [3.05, 3.63) is 33.4 Å². The third-order valence-electron chi connectivity index (χ3n) is 2.87. The summed E-state index contributed by atoms with van der Waals surface area (Å²) in [5.41, 5.74) is 3.57. The first-order valence-electron chi connectivity index (χ1n) is 6.80. The molecule has 1 aromatic carbocycles. The van der Waals surface area contributed by atoms with Crippen LogP contribution in [0.1, 0.15) is 44.0 Å². The lowest BCUT2D eigenvalue weighted by atomic mass is 10.2. The van der Waals surface area contributed by atoms with Gasteiger partial charge in [-0.1, -0.05) is 13.0 Å². The molecule has 1 unspecified atom stereocenters. The number of carbonyl (C=O) groups is 2. The summed E-state index contributed by atoms with van der Waals surface area (Å²) in [6.45, 7) is 5.67. The molecular formula is C15H20IN3O2. The number of nitrogens with one attached hydrogen (secondary N) is 2. The van der Waals surface area contributed by atoms with Crippen molar-refractivity contribution in [1.82, 2.24) is 10.7 Å². The Labute approximate surface area is 138 Å². The summed E-state index contributed by atoms with van der Waals surface area (Å²) in [6, 6.07) is 7.36. The molecule has 21 heavy (non-hydrogen) atoms. The topological polar surface area (TPSA) is 70.6 Å². The predicted octanol–water partition coefficient (Wildman–Crippen LogP) is 2.70. The minimum atomic E-state index is -0.282. The SMILES string of the molecule is CCC(C)NC(=O)C/C(C)=N/NC(=O)c1cccc(I)c1. The Hall–Kier alpha value is -1.44. The van der Waals surface area contributed by atoms with Gasteiger partial charge in [-0.25, -0.2) is 5.43 Å². The first-order valence-corrected chi connectivity index (χ1v) is 7.88. The number of hydrazone groups is 1. The smallest absolute Gasteiger partial charge is 0.271 e. The van der Waals surface area contributed by atoms with Gasteiger partial charge in [-0.05, 0) is 61.1 Å². The van der Waals surface area contributed by atoms with Crippen LogP contribution in [-0.2, 0) is 4.79 Å². The van der Waals surface area contributed by atoms with E-state index >= 15 is 0 Å². The summed E-state index contributed by atoms with van der Waals surface area (Å²) in [5, 5.41) is 6.81. The van der Waals surface area contributed by atoms with Crippen LogP contribution in [-0.4, -0.2) is 23.6 Å². The van der Waals surface area contributed by atoms with Crippen molar-refractivity contribution in [2.75, 3.05) is 0 Å². The number of hydrogen-bond acceptors (Lipinski definition) is 3. The zero-order chi connectivity index (χ0) is 15.8. The average molecular weight is 401 g/mol. The molecule has 0 radical (unpaired) electrons. The van der Waals surface area contributed by atoms with E-state index in [1.165, 1.54) is 0 Å². The van der Waals surface area contributed by atoms with Crippen LogP contribution in [0.2, 0.25) is 0 Å². The maximum absolute atomic E-state index is 11.9. The number of amides is 2. The monoisotopic (exact) mass is 401 g/mol. The summed E-state index contributed by atoms with van der Waals surface area (Å²) < 4.78 is 0.980. The maximum atomic E-state index is 11.9. The fraction of sp³-hybridized carbons (Fsp3) is 0.400. The Morgan fingerprint density at radius 2 is 2.10 bits per heavy atom. The highest BCUT2D eigenvalue weighted by atomic mass is 127. The van der Waals surface area contributed by atoms with Gasteiger partial charge in [-0.15, -0.1) is 0 Å². The molecule has 0 aromatic heterocycles. The molecule has 1 rings (SSSR count). The standard InChI is InChI=1S/C15H20IN3O2/c1-4-10(2)17-14(20)8-11(3)18-19-15(21)12-6-5-7-13(16)9-12/h5-7,9-10H,4,8H2,1-3H3,(H,17,20)(H,19,21)/b18-11+. The van der Waals surface area contributed by atoms with Gasteiger partial charge in [0.2, 0.25) is 5.91 Å². The van der Waals surface area contributed by atoms with Crippen molar-refractivity contribution in [2.24, 2.45) is 5.10 Å². The van der Waals surface area contributed by atoms with Gasteiger partial charge in [0.15, 0.2) is 0 Å². The van der Waals surface area contributed by atoms with Gasteiger partial charge >= 0.3 is 0 Å². The molecule has 6 heteroatoms. The molecule has 0 saturated heterocycles. The van der Waals surface area contributed by atoms with E-state index in [-0.39, 0.29) is 24.3 Å². The molecule has 0 saturated carbocycles. The molecule has 1 aromatic rings. The van der Waals surface area contributed by atoms with Crippen molar-refractivity contribution >= 4 is 40.1 Å². The number of hydrogen-bond donors (Lipinski definition) is 2. The lowest BCUT2D eigenvalue weighted by molar-refractivity contribution is -0.120. The van der Waals surface area contributed by atoms with E-state index in [2.05, 4.69) is 38.4 Å². The first-order chi connectivity index (χ1) is 9.92. The van der Waals surface area contributed by atoms with E-state index in [1.54, 1.807) is 19.1 Å². The van der Waals surface area contributed by atoms with Gasteiger partial charge < -0.3 is 5.32 Å². The fourth-order valence-electron chi connectivity index (χ4n) is 1.54. The van der Waals surface area contributed by atoms with Crippen LogP contribution in [0.25, 0.3) is 0 Å². The van der Waals surface area contributed by atoms with Crippen LogP contribution in [0.4, 0.5) is 0 Å². The zero-order valence-electron chi connectivity index (χ0n) is 12.4. The van der Waals surface area contributed by atoms with Gasteiger partial charge in [-0.2, -0.15) is 5.10 Å². The quantitative estimate of drug-likeness (QED) is 0.437. The second kappa shape index (κ2) is 8.76. The van der Waals surface area contributed by atoms with E-state index in [0.717, 1.165) is 9.99 Å². The minimum Gasteiger partial charge on any atom is -0.353 e. The van der Waals surface area contributed by atoms with Gasteiger partial charge in [-0.3, -0.25) is 9.59 Å². The molecule has 5 nitrogen and oxygen atoms in total. The highest BCUT2D eigenvalue weighted by Crippen LogP contribution is 2.07. The van der Waals surface area contributed by atoms with Crippen molar-refractivity contribution in [3.8, 4) is 0 Å². The number of nitrogens with zero attached hydrogens (tertiary/aromatic N) is 1. The van der Waals surface area contributed by atoms with Gasteiger partial charge in [0.1, 0.15) is 0 Å². The molecule has 0 aliphatic rings. The Bertz CT molecular complexity index is 543. The van der Waals surface area contributed by atoms with Crippen molar-refractivity contribution in [2.45, 2.75) is 39.7 Å². The lowest BCUT2D eigenvalue weighted by Gasteiger charge is -2.11. The zero-order valence-corrected chi connectivity index (χ0v) is 14.6. The van der Waals surface area contributed by atoms with Gasteiger partial charge in [0, 0.05) is 20.9 Å². The third kappa shape index (κ3) is 6.70. The summed E-state index contributed by atoms with van der Waals surface area (Å²) in [4.78, 5) is 23.6. The molecule has 114 valence electrons. The molecule has 0 heterocycles. The van der Waals surface area contributed by atoms with Crippen LogP contribution >= 0.6 is 22.6 Å². The van der Waals surface area contributed by atoms with E-state index < -0.39 is 0 Å². The largest absolute Gasteiger partial charge is 0.353 e. The Morgan fingerprint density at radius 3 is 2.71 bits per heavy atom. The average Bonchev–Trinajstić information content (AvgIpc) is 2.44. The van der Waals surface area contributed by atoms with E-state index in [4.69, 9.17) is 0 Å². The van der Waals surface area contributed by atoms with Crippen LogP contribution < -0.4 is 10.7 Å². The second-order valence-corrected chi connectivity index (χ2v) is 6.10. The molecule has 0 aliphatic carbocycles. The fourth-order valence-corrected chi connectivity index (χ4v) is 2.08. The summed E-state index contributed by atoms with van der Waals surface area (Å²) in [7, 11) is 0. The van der Waals surface area contributed by atoms with Crippen molar-refractivity contribution in [1.29, 1.82) is 0 Å². The Morgan fingerprint density at radius 1 is 1.38 bits per heavy atom. The maximum Gasteiger partial charge on any atom is 0.271 e. The van der Waals surface area contributed by atoms with Crippen LogP contribution in [0.15, 0.2) is 29.4 Å². The molecule has 0 bridgehead atoms. The molecule has 2 amide bonds. The highest BCUT2D eigenvalue weighted by Gasteiger charge is 2.08. The molecule has 0 aliphatic heterocycles. The van der Waals surface area contributed by atoms with Crippen LogP contribution in [0.3, 0.4) is 0 Å². The normalized spacial score (nSPS) is 12.7. The molecule has 2 N–H and O–H groups in total. The Kier molecular flexibility index (Phi) is 7.35. The Balaban J connectivity index is 2.52. The number of rotatable bonds is 6. The first kappa shape index (κ1) is 17.6. The van der Waals surface area contributed by atoms with Crippen molar-refractivity contribution in [3.63, 3.8) is 0 Å². The van der Waals surface area contributed by atoms with Crippen LogP contribution in [0.5, 0.6) is 0 Å². The van der Waals surface area contributed by atoms with Crippen LogP contribution in [0, 0.1) is 3.57 Å². The second-order valence-electron chi connectivity index (χ2n) is 4.85. The summed E-state index contributed by atoms with van der Waals surface area (Å²) >= 11 is 2.14. The molecule has 0 fully saturated rings. The number of halogens is 1. The molecule has 0 spiro atoms. The van der Waals surface area contributed by atoms with E-state index in [1.807, 2.05) is 26.0 Å². The number of carbonyl (C=O) groups excluding carboxylic acids is 2. The predicted molar refractivity (Wildman–Crippen MR) is 92.2 cm³/mol. The summed E-state index contributed by atoms with van der Waals surface area (Å²) in [5.74, 6) is -0.371. The third-order valence-corrected chi connectivity index (χ3v) is 3.54. The van der Waals surface area contributed by atoms with Gasteiger partial charge in [0.25, 0.3) is 5.91 Å². The number of benzene rings is 1. The van der Waals surface area contributed by atoms with Crippen molar-refractivity contribution < 1.29 is 9.59 Å². The molecular weight excluding hydrogens is 381 g/mol. The summed E-state index contributed by atoms with van der Waals surface area (Å²) in [6.07, 6.45) is 1.06. The van der Waals surface area contributed by atoms with E-state index in [9.17, 15) is 9.59 Å². The lowest BCUT2D eigenvalue weighted by Crippen LogP contribution is -2.33. The van der Waals surface area contributed by atoms with E-state index in [0.29, 0.717) is 11.3 Å². The van der Waals surface area contributed by atoms with Gasteiger partial charge in [0.05, 0.1) is 6.42 Å². The highest BCUT2D eigenvalue weighted by molar-refractivity contribution is 14.1. The minimum absolute atomic E-state index is 0.0888.